The van der Waals surface area contributed by atoms with Crippen LogP contribution >= 0.6 is 23.4 Å². The number of amidine groups is 1. The molecule has 2 rings (SSSR count). The number of carbonyl (C=O) groups is 2. The molecular formula is C12H9ClFN3O2S. The molecule has 0 spiro atoms. The van der Waals surface area contributed by atoms with Crippen LogP contribution in [-0.4, -0.2) is 27.8 Å². The highest BCUT2D eigenvalue weighted by molar-refractivity contribution is 8.15. The Bertz CT molecular complexity index is 606. The van der Waals surface area contributed by atoms with E-state index in [4.69, 9.17) is 11.6 Å². The average molecular weight is 314 g/mol. The highest BCUT2D eigenvalue weighted by Gasteiger charge is 2.31. The monoisotopic (exact) mass is 313 g/mol. The van der Waals surface area contributed by atoms with E-state index in [1.165, 1.54) is 12.3 Å². The van der Waals surface area contributed by atoms with E-state index < -0.39 is 16.3 Å². The topological polar surface area (TPSA) is 70.9 Å². The Hall–Kier alpha value is -1.73. The van der Waals surface area contributed by atoms with Crippen LogP contribution in [0.15, 0.2) is 34.5 Å². The maximum absolute atomic E-state index is 13.3. The van der Waals surface area contributed by atoms with Crippen molar-refractivity contribution in [2.45, 2.75) is 11.7 Å². The lowest BCUT2D eigenvalue weighted by Gasteiger charge is -1.97. The van der Waals surface area contributed by atoms with Crippen LogP contribution in [0.4, 0.5) is 4.39 Å². The van der Waals surface area contributed by atoms with E-state index in [0.29, 0.717) is 5.56 Å². The van der Waals surface area contributed by atoms with Gasteiger partial charge in [0.05, 0.1) is 11.5 Å². The summed E-state index contributed by atoms with van der Waals surface area (Å²) in [6.07, 6.45) is 1.17. The van der Waals surface area contributed by atoms with Crippen LogP contribution in [0.25, 0.3) is 0 Å². The summed E-state index contributed by atoms with van der Waals surface area (Å²) in [5.74, 6) is -0.756. The first-order chi connectivity index (χ1) is 9.56. The fourth-order valence-corrected chi connectivity index (χ4v) is 2.63. The minimum atomic E-state index is -0.595. The Morgan fingerprint density at radius 3 is 2.95 bits per heavy atom. The van der Waals surface area contributed by atoms with Crippen molar-refractivity contribution < 1.29 is 14.0 Å². The fourth-order valence-electron chi connectivity index (χ4n) is 1.46. The molecular weight excluding hydrogens is 305 g/mol. The second-order valence-electron chi connectivity index (χ2n) is 3.83. The first kappa shape index (κ1) is 14.7. The molecule has 1 heterocycles. The maximum Gasteiger partial charge on any atom is 0.240 e. The largest absolute Gasteiger partial charge is 0.303 e. The zero-order valence-corrected chi connectivity index (χ0v) is 11.6. The minimum absolute atomic E-state index is 0.0753. The van der Waals surface area contributed by atoms with Crippen molar-refractivity contribution in [1.29, 1.82) is 0 Å². The smallest absolute Gasteiger partial charge is 0.240 e. The summed E-state index contributed by atoms with van der Waals surface area (Å²) >= 11 is 6.29. The van der Waals surface area contributed by atoms with E-state index in [0.717, 1.165) is 11.8 Å². The number of halogens is 2. The third kappa shape index (κ3) is 3.88. The summed E-state index contributed by atoms with van der Waals surface area (Å²) in [5.41, 5.74) is 0.290. The van der Waals surface area contributed by atoms with Gasteiger partial charge in [0.15, 0.2) is 5.17 Å². The van der Waals surface area contributed by atoms with Gasteiger partial charge in [-0.2, -0.15) is 5.10 Å². The normalized spacial score (nSPS) is 20.6. The quantitative estimate of drug-likeness (QED) is 0.524. The summed E-state index contributed by atoms with van der Waals surface area (Å²) in [6.45, 7) is 0. The standard InChI is InChI=1S/C12H9ClFN3O2S/c13-10(18)5-9-11(19)16-12(20-9)17-15-6-7-3-1-2-4-8(7)14/h1-4,6,9H,5H2,(H,16,17,19). The van der Waals surface area contributed by atoms with E-state index in [9.17, 15) is 14.0 Å². The third-order valence-electron chi connectivity index (χ3n) is 2.37. The van der Waals surface area contributed by atoms with Gasteiger partial charge in [0, 0.05) is 12.0 Å². The number of nitrogens with one attached hydrogen (secondary N) is 1. The molecule has 1 saturated heterocycles. The van der Waals surface area contributed by atoms with E-state index in [1.54, 1.807) is 18.2 Å². The number of nitrogens with zero attached hydrogens (tertiary/aromatic N) is 2. The summed E-state index contributed by atoms with van der Waals surface area (Å²) in [6, 6.07) is 6.10. The molecule has 0 radical (unpaired) electrons. The van der Waals surface area contributed by atoms with Crippen LogP contribution in [0, 0.1) is 5.82 Å². The Balaban J connectivity index is 2.01. The highest BCUT2D eigenvalue weighted by Crippen LogP contribution is 2.23. The molecule has 1 atom stereocenters. The zero-order valence-electron chi connectivity index (χ0n) is 10.0. The lowest BCUT2D eigenvalue weighted by molar-refractivity contribution is -0.121. The molecule has 8 heteroatoms. The molecule has 0 saturated carbocycles. The number of rotatable bonds is 4. The number of amides is 1. The fraction of sp³-hybridized carbons (Fsp3) is 0.167. The number of hydrogen-bond donors (Lipinski definition) is 1. The van der Waals surface area contributed by atoms with Crippen molar-refractivity contribution in [3.63, 3.8) is 0 Å². The molecule has 1 aromatic rings. The Labute approximate surface area is 123 Å². The summed E-state index contributed by atoms with van der Waals surface area (Å²) < 4.78 is 13.3. The second kappa shape index (κ2) is 6.62. The molecule has 1 N–H and O–H groups in total. The second-order valence-corrected chi connectivity index (χ2v) is 5.44. The van der Waals surface area contributed by atoms with Gasteiger partial charge in [-0.3, -0.25) is 9.59 Å². The molecule has 1 amide bonds. The molecule has 0 bridgehead atoms. The summed E-state index contributed by atoms with van der Waals surface area (Å²) in [7, 11) is 0. The van der Waals surface area contributed by atoms with E-state index in [1.807, 2.05) is 0 Å². The molecule has 1 aliphatic heterocycles. The van der Waals surface area contributed by atoms with Gasteiger partial charge in [-0.05, 0) is 17.7 Å². The predicted molar refractivity (Wildman–Crippen MR) is 76.4 cm³/mol. The van der Waals surface area contributed by atoms with Gasteiger partial charge in [0.1, 0.15) is 5.82 Å². The molecule has 0 aromatic heterocycles. The SMILES string of the molecule is O=C(Cl)CC1SC(=NN=Cc2ccccc2F)NC1=O. The number of carbonyl (C=O) groups excluding carboxylic acids is 2. The van der Waals surface area contributed by atoms with Crippen LogP contribution in [0.2, 0.25) is 0 Å². The van der Waals surface area contributed by atoms with Gasteiger partial charge < -0.3 is 5.32 Å². The van der Waals surface area contributed by atoms with Crippen molar-refractivity contribution in [3.8, 4) is 0 Å². The van der Waals surface area contributed by atoms with Crippen molar-refractivity contribution in [3.05, 3.63) is 35.6 Å². The van der Waals surface area contributed by atoms with Crippen molar-refractivity contribution in [2.24, 2.45) is 10.2 Å². The zero-order chi connectivity index (χ0) is 14.5. The van der Waals surface area contributed by atoms with Crippen LogP contribution in [0.1, 0.15) is 12.0 Å². The Morgan fingerprint density at radius 1 is 1.50 bits per heavy atom. The van der Waals surface area contributed by atoms with Gasteiger partial charge in [0.25, 0.3) is 0 Å². The van der Waals surface area contributed by atoms with Crippen molar-refractivity contribution in [1.82, 2.24) is 5.32 Å². The average Bonchev–Trinajstić information content (AvgIpc) is 2.72. The van der Waals surface area contributed by atoms with Gasteiger partial charge in [-0.1, -0.05) is 30.0 Å². The predicted octanol–water partition coefficient (Wildman–Crippen LogP) is 1.90. The number of thioether (sulfide) groups is 1. The van der Waals surface area contributed by atoms with Gasteiger partial charge in [0.2, 0.25) is 11.1 Å². The number of benzene rings is 1. The Kier molecular flexibility index (Phi) is 4.86. The molecule has 1 aromatic carbocycles. The van der Waals surface area contributed by atoms with Crippen molar-refractivity contribution in [2.75, 3.05) is 0 Å². The van der Waals surface area contributed by atoms with E-state index in [-0.39, 0.29) is 17.5 Å². The third-order valence-corrected chi connectivity index (χ3v) is 3.60. The summed E-state index contributed by atoms with van der Waals surface area (Å²) in [4.78, 5) is 22.2. The Morgan fingerprint density at radius 2 is 2.25 bits per heavy atom. The number of hydrogen-bond acceptors (Lipinski definition) is 5. The molecule has 104 valence electrons. The van der Waals surface area contributed by atoms with Crippen LogP contribution in [0.5, 0.6) is 0 Å². The van der Waals surface area contributed by atoms with Gasteiger partial charge >= 0.3 is 0 Å². The molecule has 5 nitrogen and oxygen atoms in total. The van der Waals surface area contributed by atoms with Crippen LogP contribution in [0.3, 0.4) is 0 Å². The van der Waals surface area contributed by atoms with Crippen molar-refractivity contribution >= 4 is 45.9 Å². The molecule has 1 aliphatic rings. The van der Waals surface area contributed by atoms with E-state index >= 15 is 0 Å². The van der Waals surface area contributed by atoms with Gasteiger partial charge in [-0.25, -0.2) is 4.39 Å². The first-order valence-electron chi connectivity index (χ1n) is 5.57. The van der Waals surface area contributed by atoms with E-state index in [2.05, 4.69) is 15.5 Å². The molecule has 1 fully saturated rings. The molecule has 1 unspecified atom stereocenters. The lowest BCUT2D eigenvalue weighted by Crippen LogP contribution is -2.25. The molecule has 20 heavy (non-hydrogen) atoms. The highest BCUT2D eigenvalue weighted by atomic mass is 35.5. The molecule has 0 aliphatic carbocycles. The lowest BCUT2D eigenvalue weighted by atomic mass is 10.2. The van der Waals surface area contributed by atoms with Gasteiger partial charge in [-0.15, -0.1) is 5.10 Å². The van der Waals surface area contributed by atoms with Crippen LogP contribution in [-0.2, 0) is 9.59 Å². The summed E-state index contributed by atoms with van der Waals surface area (Å²) in [5, 5.41) is 9.00. The minimum Gasteiger partial charge on any atom is -0.303 e. The first-order valence-corrected chi connectivity index (χ1v) is 6.83. The maximum atomic E-state index is 13.3. The van der Waals surface area contributed by atoms with Crippen LogP contribution < -0.4 is 5.32 Å².